The second-order valence-electron chi connectivity index (χ2n) is 8.44. The summed E-state index contributed by atoms with van der Waals surface area (Å²) in [5, 5.41) is 11.6. The lowest BCUT2D eigenvalue weighted by atomic mass is 9.95. The number of carbonyl (C=O) groups excluding carboxylic acids is 2. The molecule has 4 rings (SSSR count). The lowest BCUT2D eigenvalue weighted by Gasteiger charge is -2.25. The summed E-state index contributed by atoms with van der Waals surface area (Å²) in [5.74, 6) is 0.0414. The lowest BCUT2D eigenvalue weighted by molar-refractivity contribution is -0.139. The van der Waals surface area contributed by atoms with Crippen LogP contribution >= 0.6 is 11.6 Å². The van der Waals surface area contributed by atoms with E-state index in [4.69, 9.17) is 25.8 Å². The van der Waals surface area contributed by atoms with E-state index in [-0.39, 0.29) is 28.5 Å². The molecule has 1 aliphatic rings. The molecular formula is C29H28ClNO6. The fourth-order valence-electron chi connectivity index (χ4n) is 4.37. The first-order chi connectivity index (χ1) is 17.9. The van der Waals surface area contributed by atoms with Crippen molar-refractivity contribution in [3.8, 4) is 17.2 Å². The summed E-state index contributed by atoms with van der Waals surface area (Å²) in [7, 11) is 3.16. The first kappa shape index (κ1) is 26.1. The quantitative estimate of drug-likeness (QED) is 0.230. The Morgan fingerprint density at radius 3 is 2.11 bits per heavy atom. The number of likely N-dealkylation sites (tertiary alicyclic amines) is 1. The zero-order valence-corrected chi connectivity index (χ0v) is 21.6. The number of methoxy groups -OCH3 is 2. The Labute approximate surface area is 220 Å². The number of nitrogens with zero attached hydrogens (tertiary/aromatic N) is 1. The normalized spacial score (nSPS) is 16.6. The number of benzene rings is 3. The Balaban J connectivity index is 1.78. The molecule has 3 aromatic rings. The van der Waals surface area contributed by atoms with Crippen molar-refractivity contribution in [2.24, 2.45) is 0 Å². The number of carbonyl (C=O) groups is 2. The van der Waals surface area contributed by atoms with E-state index in [1.807, 2.05) is 31.2 Å². The van der Waals surface area contributed by atoms with E-state index in [0.29, 0.717) is 30.1 Å². The van der Waals surface area contributed by atoms with Crippen LogP contribution < -0.4 is 14.2 Å². The van der Waals surface area contributed by atoms with Gasteiger partial charge in [-0.25, -0.2) is 0 Å². The maximum absolute atomic E-state index is 13.3. The van der Waals surface area contributed by atoms with Gasteiger partial charge in [-0.05, 0) is 66.9 Å². The summed E-state index contributed by atoms with van der Waals surface area (Å²) in [6, 6.07) is 18.6. The van der Waals surface area contributed by atoms with E-state index < -0.39 is 17.7 Å². The Morgan fingerprint density at radius 1 is 0.919 bits per heavy atom. The highest BCUT2D eigenvalue weighted by Gasteiger charge is 2.46. The molecule has 0 aromatic heterocycles. The third-order valence-corrected chi connectivity index (χ3v) is 6.61. The molecule has 0 aliphatic carbocycles. The molecule has 37 heavy (non-hydrogen) atoms. The summed E-state index contributed by atoms with van der Waals surface area (Å²) in [4.78, 5) is 28.1. The lowest BCUT2D eigenvalue weighted by Crippen LogP contribution is -2.31. The minimum absolute atomic E-state index is 0.0274. The Hall–Kier alpha value is -3.97. The number of ether oxygens (including phenoxy) is 3. The van der Waals surface area contributed by atoms with Crippen molar-refractivity contribution in [1.29, 1.82) is 0 Å². The first-order valence-corrected chi connectivity index (χ1v) is 12.2. The van der Waals surface area contributed by atoms with Crippen molar-refractivity contribution in [2.45, 2.75) is 19.4 Å². The number of Topliss-reactive ketones (excluding diaryl/α,β-unsaturated/α-hetero) is 1. The number of aliphatic hydroxyl groups is 1. The van der Waals surface area contributed by atoms with Crippen molar-refractivity contribution >= 4 is 29.1 Å². The van der Waals surface area contributed by atoms with E-state index in [1.54, 1.807) is 56.7 Å². The summed E-state index contributed by atoms with van der Waals surface area (Å²) in [5.41, 5.74) is 1.83. The first-order valence-electron chi connectivity index (χ1n) is 11.9. The highest BCUT2D eigenvalue weighted by molar-refractivity contribution is 6.47. The van der Waals surface area contributed by atoms with Crippen LogP contribution in [-0.4, -0.2) is 49.1 Å². The van der Waals surface area contributed by atoms with Gasteiger partial charge in [0.05, 0.1) is 37.5 Å². The zero-order valence-electron chi connectivity index (χ0n) is 20.9. The molecule has 8 heteroatoms. The summed E-state index contributed by atoms with van der Waals surface area (Å²) in [6.07, 6.45) is 0.504. The van der Waals surface area contributed by atoms with Gasteiger partial charge in [0.1, 0.15) is 23.0 Å². The molecule has 192 valence electrons. The van der Waals surface area contributed by atoms with Crippen molar-refractivity contribution in [3.05, 3.63) is 94.0 Å². The molecule has 1 unspecified atom stereocenters. The van der Waals surface area contributed by atoms with Gasteiger partial charge in [0.15, 0.2) is 0 Å². The largest absolute Gasteiger partial charge is 0.507 e. The topological polar surface area (TPSA) is 85.3 Å². The number of hydrogen-bond donors (Lipinski definition) is 1. The Morgan fingerprint density at radius 2 is 1.51 bits per heavy atom. The molecule has 7 nitrogen and oxygen atoms in total. The molecule has 1 atom stereocenters. The van der Waals surface area contributed by atoms with Crippen molar-refractivity contribution in [2.75, 3.05) is 27.4 Å². The van der Waals surface area contributed by atoms with Crippen LogP contribution in [0.1, 0.15) is 29.7 Å². The van der Waals surface area contributed by atoms with Gasteiger partial charge < -0.3 is 24.2 Å². The van der Waals surface area contributed by atoms with Gasteiger partial charge >= 0.3 is 0 Å². The van der Waals surface area contributed by atoms with Crippen LogP contribution in [0.2, 0.25) is 5.02 Å². The standard InChI is InChI=1S/C29H28ClNO6/c1-4-37-22-13-14-24(30)23(17-22)27(32)25-26(19-7-11-21(36-3)12-8-19)31(29(34)28(25)33)16-15-18-5-9-20(35-2)10-6-18/h5-14,17,26,32H,4,15-16H2,1-3H3/b27-25+. The number of aliphatic hydroxyl groups excluding tert-OH is 1. The SMILES string of the molecule is CCOc1ccc(Cl)c(/C(O)=C2\C(=O)C(=O)N(CCc3ccc(OC)cc3)C2c2ccc(OC)cc2)c1. The molecule has 0 spiro atoms. The molecule has 1 N–H and O–H groups in total. The monoisotopic (exact) mass is 521 g/mol. The number of halogens is 1. The smallest absolute Gasteiger partial charge is 0.295 e. The molecular weight excluding hydrogens is 494 g/mol. The zero-order chi connectivity index (χ0) is 26.5. The second-order valence-corrected chi connectivity index (χ2v) is 8.85. The van der Waals surface area contributed by atoms with Crippen molar-refractivity contribution in [1.82, 2.24) is 4.90 Å². The number of ketones is 1. The maximum Gasteiger partial charge on any atom is 0.295 e. The highest BCUT2D eigenvalue weighted by Crippen LogP contribution is 2.41. The van der Waals surface area contributed by atoms with Gasteiger partial charge in [-0.1, -0.05) is 35.9 Å². The fourth-order valence-corrected chi connectivity index (χ4v) is 4.58. The predicted octanol–water partition coefficient (Wildman–Crippen LogP) is 5.42. The highest BCUT2D eigenvalue weighted by atomic mass is 35.5. The van der Waals surface area contributed by atoms with Gasteiger partial charge in [-0.2, -0.15) is 0 Å². The van der Waals surface area contributed by atoms with Crippen molar-refractivity contribution in [3.63, 3.8) is 0 Å². The average Bonchev–Trinajstić information content (AvgIpc) is 3.18. The van der Waals surface area contributed by atoms with Gasteiger partial charge in [-0.15, -0.1) is 0 Å². The van der Waals surface area contributed by atoms with Crippen LogP contribution in [0.5, 0.6) is 17.2 Å². The van der Waals surface area contributed by atoms with Gasteiger partial charge in [0.25, 0.3) is 11.7 Å². The van der Waals surface area contributed by atoms with Crippen LogP contribution in [-0.2, 0) is 16.0 Å². The molecule has 1 heterocycles. The molecule has 0 bridgehead atoms. The molecule has 0 saturated carbocycles. The maximum atomic E-state index is 13.3. The molecule has 0 radical (unpaired) electrons. The third-order valence-electron chi connectivity index (χ3n) is 6.28. The molecule has 1 fully saturated rings. The Bertz CT molecular complexity index is 1320. The molecule has 1 saturated heterocycles. The van der Waals surface area contributed by atoms with Crippen LogP contribution in [0, 0.1) is 0 Å². The molecule has 1 amide bonds. The minimum Gasteiger partial charge on any atom is -0.507 e. The number of rotatable bonds is 9. The van der Waals surface area contributed by atoms with E-state index in [1.165, 1.54) is 4.90 Å². The van der Waals surface area contributed by atoms with Crippen LogP contribution in [0.25, 0.3) is 5.76 Å². The van der Waals surface area contributed by atoms with E-state index in [9.17, 15) is 14.7 Å². The number of hydrogen-bond acceptors (Lipinski definition) is 6. The Kier molecular flexibility index (Phi) is 8.04. The van der Waals surface area contributed by atoms with Crippen LogP contribution in [0.15, 0.2) is 72.3 Å². The predicted molar refractivity (Wildman–Crippen MR) is 141 cm³/mol. The van der Waals surface area contributed by atoms with Crippen LogP contribution in [0.4, 0.5) is 0 Å². The average molecular weight is 522 g/mol. The summed E-state index contributed by atoms with van der Waals surface area (Å²) >= 11 is 6.40. The molecule has 3 aromatic carbocycles. The summed E-state index contributed by atoms with van der Waals surface area (Å²) in [6.45, 7) is 2.52. The van der Waals surface area contributed by atoms with E-state index >= 15 is 0 Å². The van der Waals surface area contributed by atoms with Crippen molar-refractivity contribution < 1.29 is 28.9 Å². The van der Waals surface area contributed by atoms with Gasteiger partial charge in [0.2, 0.25) is 0 Å². The molecule has 1 aliphatic heterocycles. The van der Waals surface area contributed by atoms with Crippen LogP contribution in [0.3, 0.4) is 0 Å². The van der Waals surface area contributed by atoms with Gasteiger partial charge in [0, 0.05) is 12.1 Å². The van der Waals surface area contributed by atoms with E-state index in [0.717, 1.165) is 11.3 Å². The number of amides is 1. The van der Waals surface area contributed by atoms with E-state index in [2.05, 4.69) is 0 Å². The summed E-state index contributed by atoms with van der Waals surface area (Å²) < 4.78 is 16.0. The second kappa shape index (κ2) is 11.4. The fraction of sp³-hybridized carbons (Fsp3) is 0.241. The minimum atomic E-state index is -0.809. The third kappa shape index (κ3) is 5.42. The van der Waals surface area contributed by atoms with Gasteiger partial charge in [-0.3, -0.25) is 9.59 Å².